The summed E-state index contributed by atoms with van der Waals surface area (Å²) >= 11 is 0. The largest absolute Gasteiger partial charge is 0.492 e. The van der Waals surface area contributed by atoms with Crippen molar-refractivity contribution in [3.8, 4) is 5.75 Å². The Morgan fingerprint density at radius 3 is 2.36 bits per heavy atom. The van der Waals surface area contributed by atoms with Gasteiger partial charge in [-0.2, -0.15) is 13.2 Å². The number of benzene rings is 2. The molecule has 0 spiro atoms. The molecule has 0 aliphatic rings. The number of alkyl halides is 3. The molecule has 25 heavy (non-hydrogen) atoms. The van der Waals surface area contributed by atoms with Crippen LogP contribution >= 0.6 is 0 Å². The number of ether oxygens (including phenoxy) is 1. The van der Waals surface area contributed by atoms with Crippen LogP contribution in [0.2, 0.25) is 0 Å². The highest BCUT2D eigenvalue weighted by atomic mass is 32.2. The summed E-state index contributed by atoms with van der Waals surface area (Å²) in [5, 5.41) is 0. The molecule has 0 unspecified atom stereocenters. The summed E-state index contributed by atoms with van der Waals surface area (Å²) in [6.07, 6.45) is -3.65. The molecule has 2 aromatic rings. The quantitative estimate of drug-likeness (QED) is 0.795. The van der Waals surface area contributed by atoms with Gasteiger partial charge in [0.05, 0.1) is 5.56 Å². The van der Waals surface area contributed by atoms with Crippen LogP contribution in [0, 0.1) is 0 Å². The van der Waals surface area contributed by atoms with E-state index in [0.29, 0.717) is 5.75 Å². The van der Waals surface area contributed by atoms with Gasteiger partial charge >= 0.3 is 6.18 Å². The van der Waals surface area contributed by atoms with Crippen LogP contribution in [0.15, 0.2) is 48.5 Å². The van der Waals surface area contributed by atoms with Crippen molar-refractivity contribution in [1.82, 2.24) is 0 Å². The van der Waals surface area contributed by atoms with E-state index in [9.17, 15) is 21.6 Å². The maximum atomic E-state index is 12.6. The van der Waals surface area contributed by atoms with Crippen LogP contribution < -0.4 is 9.46 Å². The van der Waals surface area contributed by atoms with Gasteiger partial charge in [-0.1, -0.05) is 25.1 Å². The summed E-state index contributed by atoms with van der Waals surface area (Å²) in [6.45, 7) is 1.90. The third-order valence-corrected chi connectivity index (χ3v) is 4.67. The van der Waals surface area contributed by atoms with Gasteiger partial charge in [0.2, 0.25) is 10.0 Å². The van der Waals surface area contributed by atoms with Crippen molar-refractivity contribution >= 4 is 15.7 Å². The van der Waals surface area contributed by atoms with Gasteiger partial charge in [-0.25, -0.2) is 8.42 Å². The number of anilines is 1. The second-order valence-corrected chi connectivity index (χ2v) is 7.19. The van der Waals surface area contributed by atoms with Crippen molar-refractivity contribution in [3.05, 3.63) is 59.7 Å². The predicted molar refractivity (Wildman–Crippen MR) is 90.2 cm³/mol. The van der Waals surface area contributed by atoms with E-state index in [2.05, 4.69) is 4.72 Å². The first-order valence-electron chi connectivity index (χ1n) is 7.59. The lowest BCUT2D eigenvalue weighted by Crippen LogP contribution is -2.21. The maximum absolute atomic E-state index is 12.6. The number of hydrogen-bond acceptors (Lipinski definition) is 3. The maximum Gasteiger partial charge on any atom is 0.416 e. The van der Waals surface area contributed by atoms with Crippen molar-refractivity contribution < 1.29 is 26.3 Å². The van der Waals surface area contributed by atoms with E-state index >= 15 is 0 Å². The van der Waals surface area contributed by atoms with Crippen molar-refractivity contribution in [2.45, 2.75) is 19.5 Å². The molecule has 1 N–H and O–H groups in total. The SMILES string of the molecule is CCc1ccc(OCCS(=O)(=O)Nc2cccc(C(F)(F)F)c2)cc1. The summed E-state index contributed by atoms with van der Waals surface area (Å²) < 4.78 is 69.4. The van der Waals surface area contributed by atoms with Gasteiger partial charge in [-0.15, -0.1) is 0 Å². The molecular formula is C17H18F3NO3S. The molecule has 0 heterocycles. The highest BCUT2D eigenvalue weighted by Gasteiger charge is 2.30. The van der Waals surface area contributed by atoms with Gasteiger partial charge in [-0.3, -0.25) is 4.72 Å². The van der Waals surface area contributed by atoms with Crippen molar-refractivity contribution in [2.75, 3.05) is 17.1 Å². The van der Waals surface area contributed by atoms with Crippen molar-refractivity contribution in [3.63, 3.8) is 0 Å². The Hall–Kier alpha value is -2.22. The molecule has 0 radical (unpaired) electrons. The molecule has 0 aliphatic heterocycles. The van der Waals surface area contributed by atoms with Crippen LogP contribution in [0.5, 0.6) is 5.75 Å². The highest BCUT2D eigenvalue weighted by molar-refractivity contribution is 7.92. The molecule has 8 heteroatoms. The summed E-state index contributed by atoms with van der Waals surface area (Å²) in [5.41, 5.74) is 0.0771. The van der Waals surface area contributed by atoms with Gasteiger partial charge in [0.25, 0.3) is 0 Å². The number of nitrogens with one attached hydrogen (secondary N) is 1. The first-order chi connectivity index (χ1) is 11.7. The van der Waals surface area contributed by atoms with E-state index in [1.165, 1.54) is 6.07 Å². The van der Waals surface area contributed by atoms with E-state index in [1.54, 1.807) is 12.1 Å². The fourth-order valence-corrected chi connectivity index (χ4v) is 2.97. The van der Waals surface area contributed by atoms with Crippen molar-refractivity contribution in [2.24, 2.45) is 0 Å². The molecule has 136 valence electrons. The minimum absolute atomic E-state index is 0.111. The predicted octanol–water partition coefficient (Wildman–Crippen LogP) is 4.09. The van der Waals surface area contributed by atoms with Crippen LogP contribution in [0.1, 0.15) is 18.1 Å². The van der Waals surface area contributed by atoms with Gasteiger partial charge in [0, 0.05) is 5.69 Å². The fraction of sp³-hybridized carbons (Fsp3) is 0.294. The van der Waals surface area contributed by atoms with E-state index < -0.39 is 21.8 Å². The molecule has 2 rings (SSSR count). The lowest BCUT2D eigenvalue weighted by Gasteiger charge is -2.12. The monoisotopic (exact) mass is 373 g/mol. The molecule has 0 saturated heterocycles. The molecule has 2 aromatic carbocycles. The highest BCUT2D eigenvalue weighted by Crippen LogP contribution is 2.30. The lowest BCUT2D eigenvalue weighted by molar-refractivity contribution is -0.137. The smallest absolute Gasteiger partial charge is 0.416 e. The van der Waals surface area contributed by atoms with Crippen LogP contribution in [-0.2, 0) is 22.6 Å². The molecule has 0 amide bonds. The number of halogens is 3. The average Bonchev–Trinajstić information content (AvgIpc) is 2.54. The second kappa shape index (κ2) is 7.77. The molecule has 0 saturated carbocycles. The zero-order chi connectivity index (χ0) is 18.5. The standard InChI is InChI=1S/C17H18F3NO3S/c1-2-13-6-8-16(9-7-13)24-10-11-25(22,23)21-15-5-3-4-14(12-15)17(18,19)20/h3-9,12,21H,2,10-11H2,1H3. The zero-order valence-corrected chi connectivity index (χ0v) is 14.3. The Morgan fingerprint density at radius 2 is 1.76 bits per heavy atom. The molecule has 0 atom stereocenters. The van der Waals surface area contributed by atoms with Crippen LogP contribution in [0.25, 0.3) is 0 Å². The van der Waals surface area contributed by atoms with Crippen molar-refractivity contribution in [1.29, 1.82) is 0 Å². The van der Waals surface area contributed by atoms with Crippen LogP contribution in [0.4, 0.5) is 18.9 Å². The summed E-state index contributed by atoms with van der Waals surface area (Å²) in [7, 11) is -3.82. The normalized spacial score (nSPS) is 12.0. The van der Waals surface area contributed by atoms with Crippen LogP contribution in [0.3, 0.4) is 0 Å². The fourth-order valence-electron chi connectivity index (χ4n) is 2.08. The first kappa shape index (κ1) is 19.1. The molecule has 0 fully saturated rings. The molecule has 0 aliphatic carbocycles. The van der Waals surface area contributed by atoms with Gasteiger partial charge < -0.3 is 4.74 Å². The molecule has 0 aromatic heterocycles. The number of hydrogen-bond donors (Lipinski definition) is 1. The Balaban J connectivity index is 1.93. The second-order valence-electron chi connectivity index (χ2n) is 5.35. The third-order valence-electron chi connectivity index (χ3n) is 3.42. The van der Waals surface area contributed by atoms with E-state index in [1.807, 2.05) is 19.1 Å². The van der Waals surface area contributed by atoms with E-state index in [4.69, 9.17) is 4.74 Å². The van der Waals surface area contributed by atoms with Gasteiger partial charge in [-0.05, 0) is 42.3 Å². The van der Waals surface area contributed by atoms with Gasteiger partial charge in [0.1, 0.15) is 18.1 Å². The number of sulfonamides is 1. The summed E-state index contributed by atoms with van der Waals surface area (Å²) in [5.74, 6) is 0.158. The molecule has 4 nitrogen and oxygen atoms in total. The van der Waals surface area contributed by atoms with E-state index in [0.717, 1.165) is 30.2 Å². The summed E-state index contributed by atoms with van der Waals surface area (Å²) in [6, 6.07) is 11.3. The molecule has 0 bridgehead atoms. The number of rotatable bonds is 7. The Labute approximate surface area is 144 Å². The third kappa shape index (κ3) is 5.97. The zero-order valence-electron chi connectivity index (χ0n) is 13.5. The molecular weight excluding hydrogens is 355 g/mol. The first-order valence-corrected chi connectivity index (χ1v) is 9.24. The Bertz CT molecular complexity index is 803. The Kier molecular flexibility index (Phi) is 5.94. The average molecular weight is 373 g/mol. The summed E-state index contributed by atoms with van der Waals surface area (Å²) in [4.78, 5) is 0. The topological polar surface area (TPSA) is 55.4 Å². The minimum atomic E-state index is -4.53. The Morgan fingerprint density at radius 1 is 1.08 bits per heavy atom. The van der Waals surface area contributed by atoms with E-state index in [-0.39, 0.29) is 18.0 Å². The minimum Gasteiger partial charge on any atom is -0.492 e. The number of aryl methyl sites for hydroxylation is 1. The lowest BCUT2D eigenvalue weighted by atomic mass is 10.2. The van der Waals surface area contributed by atoms with Crippen LogP contribution in [-0.4, -0.2) is 20.8 Å². The van der Waals surface area contributed by atoms with Gasteiger partial charge in [0.15, 0.2) is 0 Å².